The van der Waals surface area contributed by atoms with Gasteiger partial charge in [-0.2, -0.15) is 0 Å². The molecule has 0 aliphatic rings. The number of ether oxygens (including phenoxy) is 1. The number of hydrogen-bond acceptors (Lipinski definition) is 7. The van der Waals surface area contributed by atoms with Crippen molar-refractivity contribution in [2.24, 2.45) is 7.05 Å². The number of aryl methyl sites for hydroxylation is 1. The minimum absolute atomic E-state index is 0.237. The highest BCUT2D eigenvalue weighted by molar-refractivity contribution is 5.88. The molecule has 12 heteroatoms. The Morgan fingerprint density at radius 3 is 2.18 bits per heavy atom. The van der Waals surface area contributed by atoms with Crippen LogP contribution in [0.1, 0.15) is 31.0 Å². The van der Waals surface area contributed by atoms with Crippen molar-refractivity contribution in [1.82, 2.24) is 9.55 Å². The minimum Gasteiger partial charge on any atom is -0.489 e. The third-order valence-corrected chi connectivity index (χ3v) is 5.44. The zero-order chi connectivity index (χ0) is 28.3. The van der Waals surface area contributed by atoms with Crippen molar-refractivity contribution in [3.8, 4) is 5.75 Å². The van der Waals surface area contributed by atoms with Crippen LogP contribution in [0.2, 0.25) is 0 Å². The van der Waals surface area contributed by atoms with Crippen molar-refractivity contribution in [3.05, 3.63) is 78.1 Å². The first kappa shape index (κ1) is 29.8. The van der Waals surface area contributed by atoms with Crippen molar-refractivity contribution >= 4 is 23.6 Å². The lowest BCUT2D eigenvalue weighted by Crippen LogP contribution is -2.42. The van der Waals surface area contributed by atoms with E-state index in [4.69, 9.17) is 25.2 Å². The van der Waals surface area contributed by atoms with Crippen molar-refractivity contribution in [2.75, 3.05) is 11.4 Å². The Hall–Kier alpha value is -4.45. The van der Waals surface area contributed by atoms with Gasteiger partial charge >= 0.3 is 17.9 Å². The van der Waals surface area contributed by atoms with Crippen LogP contribution in [0.15, 0.2) is 61.1 Å². The molecule has 0 aliphatic carbocycles. The minimum atomic E-state index is -2.74. The molecule has 0 radical (unpaired) electrons. The lowest BCUT2D eigenvalue weighted by atomic mass is 9.96. The van der Waals surface area contributed by atoms with Crippen molar-refractivity contribution < 1.29 is 43.9 Å². The van der Waals surface area contributed by atoms with Gasteiger partial charge in [0.05, 0.1) is 31.4 Å². The van der Waals surface area contributed by atoms with E-state index in [1.54, 1.807) is 12.1 Å². The molecule has 0 atom stereocenters. The fourth-order valence-electron chi connectivity index (χ4n) is 3.35. The molecule has 1 heterocycles. The number of rotatable bonds is 12. The summed E-state index contributed by atoms with van der Waals surface area (Å²) < 4.78 is 20.8. The second-order valence-electron chi connectivity index (χ2n) is 8.40. The van der Waals surface area contributed by atoms with Gasteiger partial charge in [0.2, 0.25) is 0 Å². The zero-order valence-electron chi connectivity index (χ0n) is 21.0. The molecule has 0 unspecified atom stereocenters. The predicted molar refractivity (Wildman–Crippen MR) is 134 cm³/mol. The Labute approximate surface area is 218 Å². The first-order valence-electron chi connectivity index (χ1n) is 11.5. The van der Waals surface area contributed by atoms with Gasteiger partial charge < -0.3 is 34.6 Å². The van der Waals surface area contributed by atoms with Gasteiger partial charge in [0.15, 0.2) is 5.60 Å². The van der Waals surface area contributed by atoms with E-state index in [0.29, 0.717) is 6.61 Å². The molecule has 4 N–H and O–H groups in total. The van der Waals surface area contributed by atoms with Gasteiger partial charge in [-0.1, -0.05) is 18.2 Å². The van der Waals surface area contributed by atoms with Crippen LogP contribution in [0.25, 0.3) is 0 Å². The highest BCUT2D eigenvalue weighted by atomic mass is 19.1. The van der Waals surface area contributed by atoms with Crippen LogP contribution in [-0.4, -0.2) is 60.0 Å². The van der Waals surface area contributed by atoms with Crippen LogP contribution in [0.3, 0.4) is 0 Å². The van der Waals surface area contributed by atoms with Crippen LogP contribution in [0.4, 0.5) is 10.1 Å². The number of carboxylic acids is 3. The Morgan fingerprint density at radius 1 is 1.05 bits per heavy atom. The number of benzene rings is 2. The monoisotopic (exact) mass is 531 g/mol. The Bertz CT molecular complexity index is 1210. The van der Waals surface area contributed by atoms with Gasteiger partial charge in [-0.15, -0.1) is 0 Å². The Kier molecular flexibility index (Phi) is 10.8. The number of aliphatic carboxylic acids is 3. The molecule has 1 aromatic heterocycles. The van der Waals surface area contributed by atoms with E-state index in [-0.39, 0.29) is 5.82 Å². The molecule has 2 aromatic carbocycles. The summed E-state index contributed by atoms with van der Waals surface area (Å²) in [7, 11) is 2.00. The number of carbonyl (C=O) groups is 3. The van der Waals surface area contributed by atoms with E-state index in [2.05, 4.69) is 22.9 Å². The molecule has 0 fully saturated rings. The van der Waals surface area contributed by atoms with Crippen LogP contribution in [-0.2, 0) is 34.6 Å². The van der Waals surface area contributed by atoms with Crippen molar-refractivity contribution in [1.29, 1.82) is 0 Å². The molecule has 0 saturated heterocycles. The molecular formula is C26H30FN3O8. The van der Waals surface area contributed by atoms with E-state index in [1.165, 1.54) is 12.1 Å². The quantitative estimate of drug-likeness (QED) is 0.273. The number of aromatic nitrogens is 2. The van der Waals surface area contributed by atoms with E-state index >= 15 is 0 Å². The van der Waals surface area contributed by atoms with Gasteiger partial charge in [0, 0.05) is 31.5 Å². The standard InChI is InChI=1S/C20H22FN3O.C6H8O7/c1-3-24(13-19-12-22-15-23(19)2)18-5-4-6-20(11-18)25-14-16-7-9-17(21)10-8-16;7-3(8)1-6(13,5(11)12)2-4(9)10/h4-12,15H,3,13-14H2,1-2H3;13H,1-2H2,(H,7,8)(H,9,10)(H,11,12). The molecule has 0 bridgehead atoms. The molecule has 3 aromatic rings. The number of nitrogens with zero attached hydrogens (tertiary/aromatic N) is 3. The summed E-state index contributed by atoms with van der Waals surface area (Å²) in [6.45, 7) is 4.21. The average molecular weight is 532 g/mol. The van der Waals surface area contributed by atoms with E-state index in [9.17, 15) is 18.8 Å². The molecular weight excluding hydrogens is 501 g/mol. The number of hydrogen-bond donors (Lipinski definition) is 4. The van der Waals surface area contributed by atoms with Gasteiger partial charge in [0.1, 0.15) is 18.2 Å². The molecule has 11 nitrogen and oxygen atoms in total. The van der Waals surface area contributed by atoms with Crippen molar-refractivity contribution in [3.63, 3.8) is 0 Å². The largest absolute Gasteiger partial charge is 0.489 e. The average Bonchev–Trinajstić information content (AvgIpc) is 3.26. The maximum absolute atomic E-state index is 13.0. The molecule has 0 saturated carbocycles. The van der Waals surface area contributed by atoms with E-state index in [1.807, 2.05) is 42.3 Å². The maximum Gasteiger partial charge on any atom is 0.336 e. The summed E-state index contributed by atoms with van der Waals surface area (Å²) in [5, 5.41) is 33.8. The lowest BCUT2D eigenvalue weighted by Gasteiger charge is -2.23. The topological polar surface area (TPSA) is 162 Å². The summed E-state index contributed by atoms with van der Waals surface area (Å²) >= 11 is 0. The molecule has 38 heavy (non-hydrogen) atoms. The number of anilines is 1. The van der Waals surface area contributed by atoms with E-state index < -0.39 is 36.4 Å². The number of carboxylic acid groups (broad SMARTS) is 3. The van der Waals surface area contributed by atoms with Gasteiger partial charge in [-0.05, 0) is 36.8 Å². The van der Waals surface area contributed by atoms with Gasteiger partial charge in [-0.25, -0.2) is 14.2 Å². The number of halogens is 1. The van der Waals surface area contributed by atoms with Crippen LogP contribution < -0.4 is 9.64 Å². The normalized spacial score (nSPS) is 10.7. The molecule has 3 rings (SSSR count). The summed E-state index contributed by atoms with van der Waals surface area (Å²) in [5.41, 5.74) is 0.450. The molecule has 204 valence electrons. The molecule has 0 spiro atoms. The second kappa shape index (κ2) is 13.7. The van der Waals surface area contributed by atoms with Crippen LogP contribution in [0.5, 0.6) is 5.75 Å². The fraction of sp³-hybridized carbons (Fsp3) is 0.308. The summed E-state index contributed by atoms with van der Waals surface area (Å²) in [4.78, 5) is 36.9. The third kappa shape index (κ3) is 9.21. The highest BCUT2D eigenvalue weighted by Gasteiger charge is 2.40. The first-order chi connectivity index (χ1) is 17.9. The second-order valence-corrected chi connectivity index (χ2v) is 8.40. The van der Waals surface area contributed by atoms with Gasteiger partial charge in [0.25, 0.3) is 0 Å². The first-order valence-corrected chi connectivity index (χ1v) is 11.5. The van der Waals surface area contributed by atoms with Gasteiger partial charge in [-0.3, -0.25) is 9.59 Å². The summed E-state index contributed by atoms with van der Waals surface area (Å²) in [5.74, 6) is -4.46. The SMILES string of the molecule is CCN(Cc1cncn1C)c1cccc(OCc2ccc(F)cc2)c1.O=C(O)CC(O)(CC(=O)O)C(=O)O. The summed E-state index contributed by atoms with van der Waals surface area (Å²) in [6.07, 6.45) is 1.41. The lowest BCUT2D eigenvalue weighted by molar-refractivity contribution is -0.170. The number of imidazole rings is 1. The van der Waals surface area contributed by atoms with Crippen molar-refractivity contribution in [2.45, 2.75) is 38.5 Å². The third-order valence-electron chi connectivity index (χ3n) is 5.44. The summed E-state index contributed by atoms with van der Waals surface area (Å²) in [6, 6.07) is 14.4. The smallest absolute Gasteiger partial charge is 0.336 e. The predicted octanol–water partition coefficient (Wildman–Crippen LogP) is 2.92. The van der Waals surface area contributed by atoms with E-state index in [0.717, 1.165) is 35.8 Å². The Balaban J connectivity index is 0.000000332. The zero-order valence-corrected chi connectivity index (χ0v) is 21.0. The fourth-order valence-corrected chi connectivity index (χ4v) is 3.35. The van der Waals surface area contributed by atoms with Crippen LogP contribution in [0, 0.1) is 5.82 Å². The highest BCUT2D eigenvalue weighted by Crippen LogP contribution is 2.23. The molecule has 0 aliphatic heterocycles. The number of aliphatic hydroxyl groups is 1. The maximum atomic E-state index is 13.0. The Morgan fingerprint density at radius 2 is 1.68 bits per heavy atom. The van der Waals surface area contributed by atoms with Crippen LogP contribution >= 0.6 is 0 Å². The molecule has 0 amide bonds.